The van der Waals surface area contributed by atoms with E-state index in [9.17, 15) is 4.79 Å². The van der Waals surface area contributed by atoms with Crippen molar-refractivity contribution in [3.8, 4) is 0 Å². The fourth-order valence-corrected chi connectivity index (χ4v) is 1.31. The molecule has 0 radical (unpaired) electrons. The van der Waals surface area contributed by atoms with E-state index in [0.29, 0.717) is 22.2 Å². The van der Waals surface area contributed by atoms with Gasteiger partial charge in [0.15, 0.2) is 5.11 Å². The second-order valence-corrected chi connectivity index (χ2v) is 3.79. The average Bonchev–Trinajstić information content (AvgIpc) is 2.27. The molecule has 0 heterocycles. The topological polar surface area (TPSA) is 53.2 Å². The summed E-state index contributed by atoms with van der Waals surface area (Å²) in [5, 5.41) is 3.82. The molecule has 0 aliphatic heterocycles. The molecular weight excluding hydrogens is 246 g/mol. The first kappa shape index (κ1) is 12.7. The summed E-state index contributed by atoms with van der Waals surface area (Å²) in [4.78, 5) is 11.6. The summed E-state index contributed by atoms with van der Waals surface area (Å²) in [7, 11) is 0. The molecule has 0 fully saturated rings. The first-order chi connectivity index (χ1) is 7.63. The van der Waals surface area contributed by atoms with Crippen molar-refractivity contribution in [2.75, 3.05) is 6.54 Å². The fourth-order valence-electron chi connectivity index (χ4n) is 0.992. The van der Waals surface area contributed by atoms with Crippen molar-refractivity contribution in [1.82, 2.24) is 16.2 Å². The van der Waals surface area contributed by atoms with E-state index < -0.39 is 0 Å². The van der Waals surface area contributed by atoms with Crippen molar-refractivity contribution < 1.29 is 4.79 Å². The van der Waals surface area contributed by atoms with Gasteiger partial charge in [-0.2, -0.15) is 0 Å². The highest BCUT2D eigenvalue weighted by Crippen LogP contribution is 2.08. The highest BCUT2D eigenvalue weighted by molar-refractivity contribution is 7.80. The number of carbonyl (C=O) groups is 1. The molecule has 1 aromatic rings. The molecule has 4 nitrogen and oxygen atoms in total. The minimum absolute atomic E-state index is 0.267. The Morgan fingerprint density at radius 2 is 1.94 bits per heavy atom. The Labute approximate surface area is 104 Å². The largest absolute Gasteiger partial charge is 0.362 e. The molecule has 0 unspecified atom stereocenters. The van der Waals surface area contributed by atoms with E-state index in [1.807, 2.05) is 6.92 Å². The lowest BCUT2D eigenvalue weighted by atomic mass is 10.2. The second-order valence-electron chi connectivity index (χ2n) is 2.95. The van der Waals surface area contributed by atoms with Crippen molar-refractivity contribution in [1.29, 1.82) is 0 Å². The highest BCUT2D eigenvalue weighted by Gasteiger charge is 2.04. The first-order valence-corrected chi connectivity index (χ1v) is 5.52. The molecule has 0 aliphatic rings. The molecule has 0 atom stereocenters. The quantitative estimate of drug-likeness (QED) is 0.555. The zero-order chi connectivity index (χ0) is 12.0. The Morgan fingerprint density at radius 1 is 1.31 bits per heavy atom. The van der Waals surface area contributed by atoms with Gasteiger partial charge in [0.25, 0.3) is 5.91 Å². The van der Waals surface area contributed by atoms with Crippen LogP contribution >= 0.6 is 23.8 Å². The van der Waals surface area contributed by atoms with Gasteiger partial charge in [0.2, 0.25) is 0 Å². The van der Waals surface area contributed by atoms with Gasteiger partial charge in [0.05, 0.1) is 0 Å². The van der Waals surface area contributed by atoms with Crippen molar-refractivity contribution in [3.63, 3.8) is 0 Å². The van der Waals surface area contributed by atoms with Gasteiger partial charge in [-0.25, -0.2) is 0 Å². The van der Waals surface area contributed by atoms with Crippen LogP contribution in [0.15, 0.2) is 24.3 Å². The van der Waals surface area contributed by atoms with Crippen LogP contribution in [0.25, 0.3) is 0 Å². The number of hydrazine groups is 1. The van der Waals surface area contributed by atoms with Gasteiger partial charge in [-0.15, -0.1) is 0 Å². The smallest absolute Gasteiger partial charge is 0.269 e. The Hall–Kier alpha value is -1.33. The number of amides is 1. The Balaban J connectivity index is 2.47. The third-order valence-corrected chi connectivity index (χ3v) is 2.23. The summed E-state index contributed by atoms with van der Waals surface area (Å²) < 4.78 is 0. The van der Waals surface area contributed by atoms with Gasteiger partial charge in [0.1, 0.15) is 0 Å². The monoisotopic (exact) mass is 257 g/mol. The summed E-state index contributed by atoms with van der Waals surface area (Å²) >= 11 is 10.6. The molecule has 0 saturated heterocycles. The lowest BCUT2D eigenvalue weighted by Crippen LogP contribution is -2.46. The molecule has 0 bridgehead atoms. The SMILES string of the molecule is CCNC(=S)NNC(=O)c1ccc(Cl)cc1. The first-order valence-electron chi connectivity index (χ1n) is 4.73. The molecule has 0 spiro atoms. The number of hydrogen-bond acceptors (Lipinski definition) is 2. The Bertz CT molecular complexity index is 380. The van der Waals surface area contributed by atoms with Crippen LogP contribution in [0, 0.1) is 0 Å². The zero-order valence-corrected chi connectivity index (χ0v) is 10.3. The van der Waals surface area contributed by atoms with E-state index in [2.05, 4.69) is 16.2 Å². The molecule has 0 saturated carbocycles. The molecule has 3 N–H and O–H groups in total. The minimum Gasteiger partial charge on any atom is -0.362 e. The van der Waals surface area contributed by atoms with Crippen molar-refractivity contribution >= 4 is 34.8 Å². The van der Waals surface area contributed by atoms with E-state index in [4.69, 9.17) is 23.8 Å². The van der Waals surface area contributed by atoms with Crippen molar-refractivity contribution in [3.05, 3.63) is 34.9 Å². The summed E-state index contributed by atoms with van der Waals surface area (Å²) in [6.07, 6.45) is 0. The van der Waals surface area contributed by atoms with Crippen LogP contribution in [0.4, 0.5) is 0 Å². The maximum atomic E-state index is 11.6. The number of halogens is 1. The third-order valence-electron chi connectivity index (χ3n) is 1.73. The van der Waals surface area contributed by atoms with Crippen LogP contribution in [0.3, 0.4) is 0 Å². The number of benzene rings is 1. The fraction of sp³-hybridized carbons (Fsp3) is 0.200. The molecule has 1 amide bonds. The number of nitrogens with one attached hydrogen (secondary N) is 3. The van der Waals surface area contributed by atoms with Gasteiger partial charge < -0.3 is 5.32 Å². The van der Waals surface area contributed by atoms with E-state index in [0.717, 1.165) is 0 Å². The highest BCUT2D eigenvalue weighted by atomic mass is 35.5. The van der Waals surface area contributed by atoms with E-state index >= 15 is 0 Å². The van der Waals surface area contributed by atoms with Crippen molar-refractivity contribution in [2.45, 2.75) is 6.92 Å². The number of carbonyl (C=O) groups excluding carboxylic acids is 1. The van der Waals surface area contributed by atoms with Gasteiger partial charge in [-0.05, 0) is 43.4 Å². The second kappa shape index (κ2) is 6.30. The molecule has 1 aromatic carbocycles. The molecule has 16 heavy (non-hydrogen) atoms. The molecule has 86 valence electrons. The maximum absolute atomic E-state index is 11.6. The summed E-state index contributed by atoms with van der Waals surface area (Å²) in [5.74, 6) is -0.267. The zero-order valence-electron chi connectivity index (χ0n) is 8.71. The van der Waals surface area contributed by atoms with Crippen LogP contribution in [-0.4, -0.2) is 17.6 Å². The molecular formula is C10H12ClN3OS. The summed E-state index contributed by atoms with van der Waals surface area (Å²) in [6.45, 7) is 2.61. The van der Waals surface area contributed by atoms with Crippen LogP contribution in [0.5, 0.6) is 0 Å². The van der Waals surface area contributed by atoms with Crippen LogP contribution in [-0.2, 0) is 0 Å². The average molecular weight is 258 g/mol. The van der Waals surface area contributed by atoms with Gasteiger partial charge >= 0.3 is 0 Å². The van der Waals surface area contributed by atoms with Crippen LogP contribution in [0.1, 0.15) is 17.3 Å². The minimum atomic E-state index is -0.267. The molecule has 1 rings (SSSR count). The van der Waals surface area contributed by atoms with E-state index in [-0.39, 0.29) is 5.91 Å². The number of hydrogen-bond donors (Lipinski definition) is 3. The van der Waals surface area contributed by atoms with E-state index in [1.54, 1.807) is 24.3 Å². The summed E-state index contributed by atoms with van der Waals surface area (Å²) in [5.41, 5.74) is 5.56. The lowest BCUT2D eigenvalue weighted by molar-refractivity contribution is 0.0943. The molecule has 0 aromatic heterocycles. The standard InChI is InChI=1S/C10H12ClN3OS/c1-2-12-10(16)14-13-9(15)7-3-5-8(11)6-4-7/h3-6H,2H2,1H3,(H,13,15)(H2,12,14,16). The van der Waals surface area contributed by atoms with Crippen molar-refractivity contribution in [2.24, 2.45) is 0 Å². The predicted octanol–water partition coefficient (Wildman–Crippen LogP) is 1.47. The van der Waals surface area contributed by atoms with E-state index in [1.165, 1.54) is 0 Å². The molecule has 0 aliphatic carbocycles. The van der Waals surface area contributed by atoms with Gasteiger partial charge in [0, 0.05) is 17.1 Å². The number of thiocarbonyl (C=S) groups is 1. The normalized spacial score (nSPS) is 9.38. The summed E-state index contributed by atoms with van der Waals surface area (Å²) in [6, 6.07) is 6.57. The maximum Gasteiger partial charge on any atom is 0.269 e. The lowest BCUT2D eigenvalue weighted by Gasteiger charge is -2.09. The number of rotatable bonds is 2. The Kier molecular flexibility index (Phi) is 5.01. The third kappa shape index (κ3) is 4.04. The van der Waals surface area contributed by atoms with Crippen LogP contribution < -0.4 is 16.2 Å². The van der Waals surface area contributed by atoms with Gasteiger partial charge in [-0.1, -0.05) is 11.6 Å². The van der Waals surface area contributed by atoms with Crippen LogP contribution in [0.2, 0.25) is 5.02 Å². The Morgan fingerprint density at radius 3 is 2.50 bits per heavy atom. The van der Waals surface area contributed by atoms with Gasteiger partial charge in [-0.3, -0.25) is 15.6 Å². The predicted molar refractivity (Wildman–Crippen MR) is 68.3 cm³/mol. The molecule has 6 heteroatoms.